The number of fused-ring (bicyclic) bond motifs is 1. The molecular weight excluding hydrogens is 290 g/mol. The maximum atomic E-state index is 12.4. The van der Waals surface area contributed by atoms with Gasteiger partial charge in [0.15, 0.2) is 0 Å². The number of aliphatic carboxylic acids is 1. The monoisotopic (exact) mass is 305 g/mol. The third-order valence-electron chi connectivity index (χ3n) is 3.73. The predicted octanol–water partition coefficient (Wildman–Crippen LogP) is 2.01. The summed E-state index contributed by atoms with van der Waals surface area (Å²) in [5.74, 6) is -1.71. The molecular formula is C14H15N3O5. The highest BCUT2D eigenvalue weighted by atomic mass is 16.6. The Bertz CT molecular complexity index is 778. The summed E-state index contributed by atoms with van der Waals surface area (Å²) in [6.45, 7) is 2.80. The zero-order valence-electron chi connectivity index (χ0n) is 12.3. The van der Waals surface area contributed by atoms with Gasteiger partial charge in [0.2, 0.25) is 0 Å². The van der Waals surface area contributed by atoms with Crippen molar-refractivity contribution in [2.75, 3.05) is 7.05 Å². The van der Waals surface area contributed by atoms with Gasteiger partial charge in [-0.05, 0) is 19.9 Å². The topological polar surface area (TPSA) is 117 Å². The van der Waals surface area contributed by atoms with Crippen LogP contribution in [0, 0.1) is 10.1 Å². The minimum absolute atomic E-state index is 0.0983. The average Bonchev–Trinajstić information content (AvgIpc) is 2.88. The number of benzene rings is 1. The number of nitrogens with zero attached hydrogens (tertiary/aromatic N) is 2. The summed E-state index contributed by atoms with van der Waals surface area (Å²) in [6.07, 6.45) is 0. The Kier molecular flexibility index (Phi) is 3.62. The van der Waals surface area contributed by atoms with Gasteiger partial charge >= 0.3 is 5.97 Å². The van der Waals surface area contributed by atoms with Crippen molar-refractivity contribution in [2.24, 2.45) is 0 Å². The second-order valence-electron chi connectivity index (χ2n) is 5.41. The highest BCUT2D eigenvalue weighted by Crippen LogP contribution is 2.26. The second-order valence-corrected chi connectivity index (χ2v) is 5.41. The molecule has 8 nitrogen and oxygen atoms in total. The van der Waals surface area contributed by atoms with Gasteiger partial charge in [0, 0.05) is 18.5 Å². The van der Waals surface area contributed by atoms with Crippen LogP contribution in [0.15, 0.2) is 24.3 Å². The standard InChI is InChI=1S/C14H15N3O5/c1-14(2,13(19)20)16(3)12(18)9-7-8-5-4-6-10(17(21)22)11(8)15-9/h4-7,15H,1-3H3,(H,19,20). The molecule has 0 saturated carbocycles. The number of aromatic amines is 1. The Morgan fingerprint density at radius 2 is 2.00 bits per heavy atom. The van der Waals surface area contributed by atoms with Crippen molar-refractivity contribution in [3.8, 4) is 0 Å². The van der Waals surface area contributed by atoms with Crippen LogP contribution in [-0.4, -0.2) is 44.4 Å². The second kappa shape index (κ2) is 5.14. The summed E-state index contributed by atoms with van der Waals surface area (Å²) >= 11 is 0. The van der Waals surface area contributed by atoms with E-state index in [2.05, 4.69) is 4.98 Å². The number of H-pyrrole nitrogens is 1. The smallest absolute Gasteiger partial charge is 0.329 e. The molecule has 1 amide bonds. The SMILES string of the molecule is CN(C(=O)c1cc2cccc([N+](=O)[O-])c2[nH]1)C(C)(C)C(=O)O. The maximum Gasteiger partial charge on any atom is 0.329 e. The molecule has 116 valence electrons. The number of amides is 1. The maximum absolute atomic E-state index is 12.4. The molecule has 0 aliphatic heterocycles. The molecule has 0 unspecified atom stereocenters. The number of carboxylic acid groups (broad SMARTS) is 1. The summed E-state index contributed by atoms with van der Waals surface area (Å²) in [6, 6.07) is 5.96. The summed E-state index contributed by atoms with van der Waals surface area (Å²) in [7, 11) is 1.37. The van der Waals surface area contributed by atoms with Gasteiger partial charge in [-0.3, -0.25) is 14.9 Å². The number of carbonyl (C=O) groups excluding carboxylic acids is 1. The molecule has 0 saturated heterocycles. The Morgan fingerprint density at radius 3 is 2.55 bits per heavy atom. The highest BCUT2D eigenvalue weighted by molar-refractivity contribution is 6.01. The minimum atomic E-state index is -1.40. The number of non-ortho nitro benzene ring substituents is 1. The third-order valence-corrected chi connectivity index (χ3v) is 3.73. The minimum Gasteiger partial charge on any atom is -0.480 e. The first kappa shape index (κ1) is 15.5. The van der Waals surface area contributed by atoms with E-state index in [4.69, 9.17) is 0 Å². The van der Waals surface area contributed by atoms with Crippen molar-refractivity contribution >= 4 is 28.5 Å². The highest BCUT2D eigenvalue weighted by Gasteiger charge is 2.36. The summed E-state index contributed by atoms with van der Waals surface area (Å²) in [5.41, 5.74) is -1.21. The van der Waals surface area contributed by atoms with Crippen molar-refractivity contribution in [1.29, 1.82) is 0 Å². The van der Waals surface area contributed by atoms with Gasteiger partial charge in [-0.25, -0.2) is 4.79 Å². The zero-order valence-corrected chi connectivity index (χ0v) is 12.3. The molecule has 0 fully saturated rings. The average molecular weight is 305 g/mol. The normalized spacial score (nSPS) is 11.4. The molecule has 0 spiro atoms. The van der Waals surface area contributed by atoms with Gasteiger partial charge in [0.05, 0.1) is 4.92 Å². The first-order valence-corrected chi connectivity index (χ1v) is 6.44. The van der Waals surface area contributed by atoms with Gasteiger partial charge in [-0.15, -0.1) is 0 Å². The van der Waals surface area contributed by atoms with Crippen LogP contribution < -0.4 is 0 Å². The zero-order chi connectivity index (χ0) is 16.7. The predicted molar refractivity (Wildman–Crippen MR) is 78.8 cm³/mol. The van der Waals surface area contributed by atoms with Crippen LogP contribution in [0.1, 0.15) is 24.3 Å². The number of aromatic nitrogens is 1. The first-order valence-electron chi connectivity index (χ1n) is 6.44. The molecule has 0 radical (unpaired) electrons. The number of likely N-dealkylation sites (N-methyl/N-ethyl adjacent to an activating group) is 1. The lowest BCUT2D eigenvalue weighted by Gasteiger charge is -2.31. The van der Waals surface area contributed by atoms with Gasteiger partial charge in [0.1, 0.15) is 16.7 Å². The van der Waals surface area contributed by atoms with E-state index in [9.17, 15) is 24.8 Å². The van der Waals surface area contributed by atoms with Gasteiger partial charge in [0.25, 0.3) is 11.6 Å². The third kappa shape index (κ3) is 2.39. The van der Waals surface area contributed by atoms with E-state index in [1.807, 2.05) is 0 Å². The molecule has 1 aromatic carbocycles. The van der Waals surface area contributed by atoms with Crippen LogP contribution in [0.25, 0.3) is 10.9 Å². The molecule has 2 rings (SSSR count). The van der Waals surface area contributed by atoms with Crippen LogP contribution in [0.2, 0.25) is 0 Å². The Morgan fingerprint density at radius 1 is 1.36 bits per heavy atom. The van der Waals surface area contributed by atoms with Crippen molar-refractivity contribution in [1.82, 2.24) is 9.88 Å². The quantitative estimate of drug-likeness (QED) is 0.662. The lowest BCUT2D eigenvalue weighted by Crippen LogP contribution is -2.50. The molecule has 2 aromatic rings. The van der Waals surface area contributed by atoms with E-state index < -0.39 is 22.3 Å². The van der Waals surface area contributed by atoms with Gasteiger partial charge in [-0.2, -0.15) is 0 Å². The molecule has 1 heterocycles. The Hall–Kier alpha value is -2.90. The number of hydrogen-bond donors (Lipinski definition) is 2. The molecule has 2 N–H and O–H groups in total. The molecule has 1 aromatic heterocycles. The van der Waals surface area contributed by atoms with Crippen LogP contribution in [0.4, 0.5) is 5.69 Å². The summed E-state index contributed by atoms with van der Waals surface area (Å²) < 4.78 is 0. The fourth-order valence-corrected chi connectivity index (χ4v) is 1.99. The van der Waals surface area contributed by atoms with Crippen LogP contribution in [-0.2, 0) is 4.79 Å². The van der Waals surface area contributed by atoms with E-state index in [-0.39, 0.29) is 16.9 Å². The number of para-hydroxylation sites is 1. The number of nitrogens with one attached hydrogen (secondary N) is 1. The number of hydrogen-bond acceptors (Lipinski definition) is 4. The number of carboxylic acids is 1. The van der Waals surface area contributed by atoms with Crippen LogP contribution in [0.3, 0.4) is 0 Å². The number of carbonyl (C=O) groups is 2. The number of nitro benzene ring substituents is 1. The van der Waals surface area contributed by atoms with Crippen molar-refractivity contribution < 1.29 is 19.6 Å². The van der Waals surface area contributed by atoms with E-state index in [0.717, 1.165) is 4.90 Å². The van der Waals surface area contributed by atoms with E-state index in [1.165, 1.54) is 39.1 Å². The fourth-order valence-electron chi connectivity index (χ4n) is 1.99. The van der Waals surface area contributed by atoms with Crippen molar-refractivity contribution in [3.05, 3.63) is 40.1 Å². The summed E-state index contributed by atoms with van der Waals surface area (Å²) in [4.78, 5) is 37.9. The molecule has 0 aliphatic rings. The van der Waals surface area contributed by atoms with E-state index >= 15 is 0 Å². The fraction of sp³-hybridized carbons (Fsp3) is 0.286. The molecule has 0 bridgehead atoms. The lowest BCUT2D eigenvalue weighted by molar-refractivity contribution is -0.383. The van der Waals surface area contributed by atoms with Gasteiger partial charge in [-0.1, -0.05) is 12.1 Å². The van der Waals surface area contributed by atoms with Gasteiger partial charge < -0.3 is 15.0 Å². The molecule has 8 heteroatoms. The van der Waals surface area contributed by atoms with Crippen LogP contribution in [0.5, 0.6) is 0 Å². The number of rotatable bonds is 4. The lowest BCUT2D eigenvalue weighted by atomic mass is 10.0. The first-order chi connectivity index (χ1) is 10.2. The van der Waals surface area contributed by atoms with E-state index in [1.54, 1.807) is 6.07 Å². The number of nitro groups is 1. The Labute approximate surface area is 125 Å². The molecule has 0 atom stereocenters. The molecule has 0 aliphatic carbocycles. The Balaban J connectivity index is 2.48. The van der Waals surface area contributed by atoms with Crippen LogP contribution >= 0.6 is 0 Å². The van der Waals surface area contributed by atoms with E-state index in [0.29, 0.717) is 5.39 Å². The van der Waals surface area contributed by atoms with Crippen molar-refractivity contribution in [3.63, 3.8) is 0 Å². The van der Waals surface area contributed by atoms with Crippen molar-refractivity contribution in [2.45, 2.75) is 19.4 Å². The largest absolute Gasteiger partial charge is 0.480 e. The molecule has 22 heavy (non-hydrogen) atoms. The summed E-state index contributed by atoms with van der Waals surface area (Å²) in [5, 5.41) is 20.7.